The molecule has 0 saturated carbocycles. The molecule has 0 bridgehead atoms. The van der Waals surface area contributed by atoms with Gasteiger partial charge in [-0.2, -0.15) is 0 Å². The topological polar surface area (TPSA) is 49.3 Å². The monoisotopic (exact) mass is 281 g/mol. The summed E-state index contributed by atoms with van der Waals surface area (Å²) < 4.78 is 0. The van der Waals surface area contributed by atoms with Gasteiger partial charge in [0.05, 0.1) is 0 Å². The average molecular weight is 281 g/mol. The minimum Gasteiger partial charge on any atom is -0.480 e. The van der Waals surface area contributed by atoms with E-state index in [0.29, 0.717) is 6.42 Å². The van der Waals surface area contributed by atoms with E-state index in [0.717, 1.165) is 12.8 Å². The van der Waals surface area contributed by atoms with Crippen LogP contribution in [0.3, 0.4) is 0 Å². The van der Waals surface area contributed by atoms with Gasteiger partial charge in [-0.1, -0.05) is 31.5 Å². The van der Waals surface area contributed by atoms with Gasteiger partial charge < -0.3 is 10.4 Å². The zero-order valence-corrected chi connectivity index (χ0v) is 12.7. The number of nitrogens with one attached hydrogen (secondary N) is 1. The van der Waals surface area contributed by atoms with Crippen molar-refractivity contribution in [1.29, 1.82) is 0 Å². The first-order chi connectivity index (χ1) is 9.08. The van der Waals surface area contributed by atoms with Gasteiger partial charge in [0.1, 0.15) is 6.04 Å². The van der Waals surface area contributed by atoms with Crippen molar-refractivity contribution in [2.45, 2.75) is 50.1 Å². The Bertz CT molecular complexity index is 409. The molecule has 3 nitrogen and oxygen atoms in total. The molecule has 0 radical (unpaired) electrons. The van der Waals surface area contributed by atoms with Crippen LogP contribution < -0.4 is 5.32 Å². The van der Waals surface area contributed by atoms with Crippen molar-refractivity contribution in [3.63, 3.8) is 0 Å². The zero-order valence-electron chi connectivity index (χ0n) is 11.8. The van der Waals surface area contributed by atoms with Gasteiger partial charge in [0.25, 0.3) is 0 Å². The minimum absolute atomic E-state index is 0.154. The van der Waals surface area contributed by atoms with Crippen molar-refractivity contribution in [3.8, 4) is 0 Å². The third-order valence-electron chi connectivity index (χ3n) is 3.08. The second-order valence-electron chi connectivity index (χ2n) is 4.76. The SMILES string of the molecule is CCCC(NC(C)Cc1ccccc1SC)C(=O)O. The van der Waals surface area contributed by atoms with Gasteiger partial charge in [-0.3, -0.25) is 4.79 Å². The van der Waals surface area contributed by atoms with Crippen LogP contribution in [-0.2, 0) is 11.2 Å². The van der Waals surface area contributed by atoms with E-state index in [2.05, 4.69) is 23.7 Å². The highest BCUT2D eigenvalue weighted by molar-refractivity contribution is 7.98. The Morgan fingerprint density at radius 3 is 2.68 bits per heavy atom. The Morgan fingerprint density at radius 2 is 2.11 bits per heavy atom. The smallest absolute Gasteiger partial charge is 0.320 e. The number of hydrogen-bond acceptors (Lipinski definition) is 3. The molecule has 0 aromatic heterocycles. The van der Waals surface area contributed by atoms with Gasteiger partial charge in [-0.15, -0.1) is 11.8 Å². The third kappa shape index (κ3) is 5.25. The van der Waals surface area contributed by atoms with Crippen molar-refractivity contribution >= 4 is 17.7 Å². The molecule has 2 N–H and O–H groups in total. The van der Waals surface area contributed by atoms with Crippen LogP contribution in [0, 0.1) is 0 Å². The summed E-state index contributed by atoms with van der Waals surface area (Å²) in [7, 11) is 0. The molecule has 0 spiro atoms. The Kier molecular flexibility index (Phi) is 6.95. The summed E-state index contributed by atoms with van der Waals surface area (Å²) in [6.45, 7) is 4.05. The molecule has 0 saturated heterocycles. The van der Waals surface area contributed by atoms with Crippen molar-refractivity contribution in [2.75, 3.05) is 6.26 Å². The van der Waals surface area contributed by atoms with E-state index in [-0.39, 0.29) is 6.04 Å². The fourth-order valence-electron chi connectivity index (χ4n) is 2.17. The number of hydrogen-bond donors (Lipinski definition) is 2. The van der Waals surface area contributed by atoms with Crippen LogP contribution in [0.25, 0.3) is 0 Å². The molecule has 2 unspecified atom stereocenters. The molecule has 106 valence electrons. The molecular weight excluding hydrogens is 258 g/mol. The standard InChI is InChI=1S/C15H23NO2S/c1-4-7-13(15(17)18)16-11(2)10-12-8-5-6-9-14(12)19-3/h5-6,8-9,11,13,16H,4,7,10H2,1-3H3,(H,17,18). The average Bonchev–Trinajstić information content (AvgIpc) is 2.38. The molecule has 0 fully saturated rings. The Morgan fingerprint density at radius 1 is 1.42 bits per heavy atom. The largest absolute Gasteiger partial charge is 0.480 e. The number of rotatable bonds is 8. The van der Waals surface area contributed by atoms with Crippen LogP contribution in [0.1, 0.15) is 32.3 Å². The first-order valence-electron chi connectivity index (χ1n) is 6.69. The van der Waals surface area contributed by atoms with E-state index in [1.807, 2.05) is 26.0 Å². The number of carbonyl (C=O) groups is 1. The van der Waals surface area contributed by atoms with Crippen LogP contribution in [0.2, 0.25) is 0 Å². The fraction of sp³-hybridized carbons (Fsp3) is 0.533. The molecule has 0 aliphatic rings. The molecule has 1 aromatic rings. The molecule has 0 amide bonds. The van der Waals surface area contributed by atoms with Gasteiger partial charge in [0.2, 0.25) is 0 Å². The minimum atomic E-state index is -0.758. The quantitative estimate of drug-likeness (QED) is 0.719. The third-order valence-corrected chi connectivity index (χ3v) is 3.92. The Labute approximate surface area is 119 Å². The first kappa shape index (κ1) is 16.1. The molecular formula is C15H23NO2S. The molecule has 0 heterocycles. The van der Waals surface area contributed by atoms with Gasteiger partial charge >= 0.3 is 5.97 Å². The van der Waals surface area contributed by atoms with Crippen LogP contribution in [0.5, 0.6) is 0 Å². The molecule has 1 aromatic carbocycles. The van der Waals surface area contributed by atoms with E-state index >= 15 is 0 Å². The second-order valence-corrected chi connectivity index (χ2v) is 5.61. The van der Waals surface area contributed by atoms with Crippen molar-refractivity contribution in [2.24, 2.45) is 0 Å². The summed E-state index contributed by atoms with van der Waals surface area (Å²) in [6.07, 6.45) is 4.46. The van der Waals surface area contributed by atoms with Gasteiger partial charge in [-0.25, -0.2) is 0 Å². The normalized spacial score (nSPS) is 14.1. The zero-order chi connectivity index (χ0) is 14.3. The summed E-state index contributed by atoms with van der Waals surface area (Å²) in [4.78, 5) is 12.4. The molecule has 2 atom stereocenters. The maximum absolute atomic E-state index is 11.1. The predicted octanol–water partition coefficient (Wildman–Crippen LogP) is 3.18. The lowest BCUT2D eigenvalue weighted by molar-refractivity contribution is -0.139. The summed E-state index contributed by atoms with van der Waals surface area (Å²) >= 11 is 1.73. The van der Waals surface area contributed by atoms with E-state index in [1.54, 1.807) is 11.8 Å². The summed E-state index contributed by atoms with van der Waals surface area (Å²) in [5.74, 6) is -0.758. The van der Waals surface area contributed by atoms with Gasteiger partial charge in [0, 0.05) is 10.9 Å². The Hall–Kier alpha value is -1.00. The Balaban J connectivity index is 2.63. The van der Waals surface area contributed by atoms with E-state index in [4.69, 9.17) is 5.11 Å². The molecule has 4 heteroatoms. The van der Waals surface area contributed by atoms with Gasteiger partial charge in [-0.05, 0) is 37.7 Å². The molecule has 1 rings (SSSR count). The number of thioether (sulfide) groups is 1. The molecule has 0 aliphatic heterocycles. The van der Waals surface area contributed by atoms with Gasteiger partial charge in [0.15, 0.2) is 0 Å². The molecule has 0 aliphatic carbocycles. The molecule has 19 heavy (non-hydrogen) atoms. The van der Waals surface area contributed by atoms with Crippen LogP contribution in [0.15, 0.2) is 29.2 Å². The van der Waals surface area contributed by atoms with Crippen molar-refractivity contribution in [1.82, 2.24) is 5.32 Å². The van der Waals surface area contributed by atoms with E-state index < -0.39 is 12.0 Å². The lowest BCUT2D eigenvalue weighted by Crippen LogP contribution is -2.42. The highest BCUT2D eigenvalue weighted by Crippen LogP contribution is 2.21. The van der Waals surface area contributed by atoms with Crippen LogP contribution in [-0.4, -0.2) is 29.4 Å². The highest BCUT2D eigenvalue weighted by atomic mass is 32.2. The predicted molar refractivity (Wildman–Crippen MR) is 80.9 cm³/mol. The van der Waals surface area contributed by atoms with Crippen LogP contribution in [0.4, 0.5) is 0 Å². The van der Waals surface area contributed by atoms with E-state index in [1.165, 1.54) is 10.5 Å². The number of carboxylic acid groups (broad SMARTS) is 1. The highest BCUT2D eigenvalue weighted by Gasteiger charge is 2.18. The van der Waals surface area contributed by atoms with Crippen molar-refractivity contribution in [3.05, 3.63) is 29.8 Å². The number of aliphatic carboxylic acids is 1. The van der Waals surface area contributed by atoms with Crippen LogP contribution >= 0.6 is 11.8 Å². The lowest BCUT2D eigenvalue weighted by atomic mass is 10.0. The van der Waals surface area contributed by atoms with E-state index in [9.17, 15) is 4.79 Å². The maximum atomic E-state index is 11.1. The fourth-order valence-corrected chi connectivity index (χ4v) is 2.80. The second kappa shape index (κ2) is 8.23. The first-order valence-corrected chi connectivity index (χ1v) is 7.91. The summed E-state index contributed by atoms with van der Waals surface area (Å²) in [5, 5.41) is 12.4. The maximum Gasteiger partial charge on any atom is 0.320 e. The summed E-state index contributed by atoms with van der Waals surface area (Å²) in [6, 6.07) is 7.99. The lowest BCUT2D eigenvalue weighted by Gasteiger charge is -2.20. The number of benzene rings is 1. The number of carboxylic acids is 1. The summed E-state index contributed by atoms with van der Waals surface area (Å²) in [5.41, 5.74) is 1.27. The van der Waals surface area contributed by atoms with Crippen molar-refractivity contribution < 1.29 is 9.90 Å².